The third-order valence-electron chi connectivity index (χ3n) is 2.32. The van der Waals surface area contributed by atoms with E-state index in [-0.39, 0.29) is 11.4 Å². The van der Waals surface area contributed by atoms with E-state index in [9.17, 15) is 4.79 Å². The van der Waals surface area contributed by atoms with Crippen molar-refractivity contribution < 1.29 is 4.79 Å². The summed E-state index contributed by atoms with van der Waals surface area (Å²) in [5.74, 6) is 1.50. The molecule has 0 fully saturated rings. The third kappa shape index (κ3) is 6.10. The third-order valence-corrected chi connectivity index (χ3v) is 2.86. The minimum absolute atomic E-state index is 0.0259. The Kier molecular flexibility index (Phi) is 6.06. The van der Waals surface area contributed by atoms with Crippen LogP contribution in [0.4, 0.5) is 11.6 Å². The summed E-state index contributed by atoms with van der Waals surface area (Å²) < 4.78 is 0. The number of nitrogens with one attached hydrogen (secondary N) is 3. The lowest BCUT2D eigenvalue weighted by molar-refractivity contribution is -0.122. The van der Waals surface area contributed by atoms with Gasteiger partial charge in [-0.15, -0.1) is 0 Å². The maximum absolute atomic E-state index is 11.7. The number of aromatic nitrogens is 2. The smallest absolute Gasteiger partial charge is 0.222 e. The summed E-state index contributed by atoms with van der Waals surface area (Å²) >= 11 is 1.48. The zero-order valence-electron chi connectivity index (χ0n) is 12.7. The Morgan fingerprint density at radius 1 is 1.30 bits per heavy atom. The summed E-state index contributed by atoms with van der Waals surface area (Å²) in [5.41, 5.74) is -0.197. The first-order valence-electron chi connectivity index (χ1n) is 6.50. The Hall–Kier alpha value is -1.50. The van der Waals surface area contributed by atoms with Gasteiger partial charge in [0.2, 0.25) is 5.91 Å². The van der Waals surface area contributed by atoms with Gasteiger partial charge in [0.25, 0.3) is 0 Å². The first-order chi connectivity index (χ1) is 9.34. The molecule has 0 aliphatic heterocycles. The highest BCUT2D eigenvalue weighted by molar-refractivity contribution is 7.98. The van der Waals surface area contributed by atoms with Gasteiger partial charge >= 0.3 is 0 Å². The van der Waals surface area contributed by atoms with Crippen molar-refractivity contribution in [2.75, 3.05) is 30.5 Å². The molecule has 1 rings (SSSR count). The van der Waals surface area contributed by atoms with Crippen LogP contribution in [0.25, 0.3) is 0 Å². The first-order valence-corrected chi connectivity index (χ1v) is 7.72. The quantitative estimate of drug-likeness (QED) is 0.550. The van der Waals surface area contributed by atoms with E-state index in [2.05, 4.69) is 25.9 Å². The molecule has 0 radical (unpaired) electrons. The van der Waals surface area contributed by atoms with Gasteiger partial charge in [-0.05, 0) is 27.0 Å². The number of amides is 1. The minimum Gasteiger partial charge on any atom is -0.373 e. The van der Waals surface area contributed by atoms with Gasteiger partial charge in [0, 0.05) is 31.6 Å². The Balaban J connectivity index is 2.51. The molecule has 3 N–H and O–H groups in total. The summed E-state index contributed by atoms with van der Waals surface area (Å²) in [6.07, 6.45) is 2.33. The van der Waals surface area contributed by atoms with Crippen molar-refractivity contribution in [3.63, 3.8) is 0 Å². The van der Waals surface area contributed by atoms with E-state index in [0.717, 1.165) is 11.6 Å². The van der Waals surface area contributed by atoms with Crippen LogP contribution in [-0.2, 0) is 4.79 Å². The lowest BCUT2D eigenvalue weighted by Crippen LogP contribution is -2.41. The van der Waals surface area contributed by atoms with E-state index in [0.29, 0.717) is 18.1 Å². The van der Waals surface area contributed by atoms with E-state index in [4.69, 9.17) is 0 Å². The molecule has 0 atom stereocenters. The van der Waals surface area contributed by atoms with Gasteiger partial charge in [0.15, 0.2) is 5.16 Å². The van der Waals surface area contributed by atoms with Crippen molar-refractivity contribution in [1.29, 1.82) is 0 Å². The van der Waals surface area contributed by atoms with Gasteiger partial charge in [0.1, 0.15) is 11.6 Å². The molecular formula is C13H23N5OS. The highest BCUT2D eigenvalue weighted by atomic mass is 32.2. The van der Waals surface area contributed by atoms with Gasteiger partial charge in [-0.25, -0.2) is 9.97 Å². The van der Waals surface area contributed by atoms with Gasteiger partial charge in [-0.1, -0.05) is 11.8 Å². The largest absolute Gasteiger partial charge is 0.373 e. The van der Waals surface area contributed by atoms with Crippen LogP contribution in [0, 0.1) is 0 Å². The van der Waals surface area contributed by atoms with E-state index < -0.39 is 0 Å². The second kappa shape index (κ2) is 7.33. The molecule has 0 unspecified atom stereocenters. The maximum atomic E-state index is 11.7. The lowest BCUT2D eigenvalue weighted by Gasteiger charge is -2.20. The number of anilines is 2. The Morgan fingerprint density at radius 3 is 2.50 bits per heavy atom. The maximum Gasteiger partial charge on any atom is 0.222 e. The van der Waals surface area contributed by atoms with Crippen molar-refractivity contribution >= 4 is 29.3 Å². The number of carbonyl (C=O) groups is 1. The molecular weight excluding hydrogens is 274 g/mol. The zero-order chi connectivity index (χ0) is 15.2. The number of nitrogens with zero attached hydrogens (tertiary/aromatic N) is 2. The Morgan fingerprint density at radius 2 is 1.95 bits per heavy atom. The summed E-state index contributed by atoms with van der Waals surface area (Å²) in [7, 11) is 1.81. The van der Waals surface area contributed by atoms with Crippen molar-refractivity contribution in [3.05, 3.63) is 6.07 Å². The normalized spacial score (nSPS) is 11.1. The van der Waals surface area contributed by atoms with E-state index >= 15 is 0 Å². The molecule has 0 saturated carbocycles. The van der Waals surface area contributed by atoms with E-state index in [1.807, 2.05) is 40.1 Å². The molecule has 0 aliphatic rings. The summed E-state index contributed by atoms with van der Waals surface area (Å²) in [4.78, 5) is 20.3. The van der Waals surface area contributed by atoms with E-state index in [1.54, 1.807) is 0 Å². The van der Waals surface area contributed by atoms with Crippen LogP contribution >= 0.6 is 11.8 Å². The van der Waals surface area contributed by atoms with Crippen LogP contribution < -0.4 is 16.0 Å². The molecule has 1 aromatic rings. The van der Waals surface area contributed by atoms with Crippen molar-refractivity contribution in [2.24, 2.45) is 0 Å². The van der Waals surface area contributed by atoms with E-state index in [1.165, 1.54) is 11.8 Å². The van der Waals surface area contributed by atoms with Gasteiger partial charge < -0.3 is 16.0 Å². The van der Waals surface area contributed by atoms with Crippen molar-refractivity contribution in [3.8, 4) is 0 Å². The summed E-state index contributed by atoms with van der Waals surface area (Å²) in [6, 6.07) is 1.82. The topological polar surface area (TPSA) is 78.9 Å². The van der Waals surface area contributed by atoms with Crippen molar-refractivity contribution in [2.45, 2.75) is 37.9 Å². The average molecular weight is 297 g/mol. The van der Waals surface area contributed by atoms with Gasteiger partial charge in [-0.3, -0.25) is 4.79 Å². The number of hydrogen-bond acceptors (Lipinski definition) is 6. The van der Waals surface area contributed by atoms with Gasteiger partial charge in [0.05, 0.1) is 0 Å². The predicted octanol–water partition coefficient (Wildman–Crippen LogP) is 1.96. The highest BCUT2D eigenvalue weighted by Gasteiger charge is 2.13. The zero-order valence-corrected chi connectivity index (χ0v) is 13.5. The molecule has 1 aromatic heterocycles. The van der Waals surface area contributed by atoms with Gasteiger partial charge in [-0.2, -0.15) is 0 Å². The number of thioether (sulfide) groups is 1. The van der Waals surface area contributed by atoms with Crippen LogP contribution in [0.15, 0.2) is 11.2 Å². The first kappa shape index (κ1) is 16.6. The standard InChI is InChI=1S/C13H23N5OS/c1-13(2,3)18-11(19)6-7-15-10-8-9(14-4)16-12(17-10)20-5/h8H,6-7H2,1-5H3,(H,18,19)(H2,14,15,16,17). The fourth-order valence-corrected chi connectivity index (χ4v) is 1.90. The fraction of sp³-hybridized carbons (Fsp3) is 0.615. The monoisotopic (exact) mass is 297 g/mol. The SMILES string of the molecule is CNc1cc(NCCC(=O)NC(C)(C)C)nc(SC)n1. The van der Waals surface area contributed by atoms with Crippen molar-refractivity contribution in [1.82, 2.24) is 15.3 Å². The Bertz CT molecular complexity index is 436. The van der Waals surface area contributed by atoms with Crippen LogP contribution in [0.2, 0.25) is 0 Å². The van der Waals surface area contributed by atoms with Crippen LogP contribution in [0.5, 0.6) is 0 Å². The number of rotatable bonds is 6. The molecule has 0 saturated heterocycles. The minimum atomic E-state index is -0.197. The summed E-state index contributed by atoms with van der Waals surface area (Å²) in [6.45, 7) is 6.43. The molecule has 0 aromatic carbocycles. The molecule has 6 nitrogen and oxygen atoms in total. The Labute approximate surface area is 124 Å². The fourth-order valence-electron chi connectivity index (χ4n) is 1.52. The molecule has 7 heteroatoms. The van der Waals surface area contributed by atoms with Crippen LogP contribution in [0.3, 0.4) is 0 Å². The molecule has 0 aliphatic carbocycles. The molecule has 1 heterocycles. The lowest BCUT2D eigenvalue weighted by atomic mass is 10.1. The highest BCUT2D eigenvalue weighted by Crippen LogP contribution is 2.16. The molecule has 20 heavy (non-hydrogen) atoms. The molecule has 0 bridgehead atoms. The predicted molar refractivity (Wildman–Crippen MR) is 84.4 cm³/mol. The van der Waals surface area contributed by atoms with Crippen LogP contribution in [0.1, 0.15) is 27.2 Å². The number of hydrogen-bond donors (Lipinski definition) is 3. The average Bonchev–Trinajstić information content (AvgIpc) is 2.36. The molecule has 112 valence electrons. The molecule has 1 amide bonds. The molecule has 0 spiro atoms. The second-order valence-corrected chi connectivity index (χ2v) is 6.12. The van der Waals surface area contributed by atoms with Crippen LogP contribution in [-0.4, -0.2) is 41.3 Å². The summed E-state index contributed by atoms with van der Waals surface area (Å²) in [5, 5.41) is 9.75. The number of carbonyl (C=O) groups excluding carboxylic acids is 1. The second-order valence-electron chi connectivity index (χ2n) is 5.35.